The Kier molecular flexibility index (Phi) is 3.40. The van der Waals surface area contributed by atoms with Crippen molar-refractivity contribution in [3.05, 3.63) is 50.5 Å². The summed E-state index contributed by atoms with van der Waals surface area (Å²) in [5.74, 6) is 0. The van der Waals surface area contributed by atoms with Gasteiger partial charge < -0.3 is 4.98 Å². The largest absolute Gasteiger partial charge is 0.325 e. The second-order valence-electron chi connectivity index (χ2n) is 3.38. The molecule has 2 heterocycles. The SMILES string of the molecule is O=c1[nH]cc(S(=O)(=O)Nc2cccnc2Cl)c(=O)[nH]1. The molecule has 2 aromatic rings. The summed E-state index contributed by atoms with van der Waals surface area (Å²) in [5.41, 5.74) is -1.81. The van der Waals surface area contributed by atoms with Crippen molar-refractivity contribution in [3.63, 3.8) is 0 Å². The Hall–Kier alpha value is -2.13. The van der Waals surface area contributed by atoms with Crippen molar-refractivity contribution >= 4 is 27.3 Å². The van der Waals surface area contributed by atoms with Crippen LogP contribution in [0.15, 0.2) is 39.0 Å². The molecule has 2 rings (SSSR count). The summed E-state index contributed by atoms with van der Waals surface area (Å²) in [6.45, 7) is 0. The summed E-state index contributed by atoms with van der Waals surface area (Å²) < 4.78 is 26.0. The monoisotopic (exact) mass is 302 g/mol. The lowest BCUT2D eigenvalue weighted by Crippen LogP contribution is -2.29. The topological polar surface area (TPSA) is 125 Å². The third kappa shape index (κ3) is 2.83. The van der Waals surface area contributed by atoms with Gasteiger partial charge in [0.25, 0.3) is 15.6 Å². The smallest absolute Gasteiger partial charge is 0.313 e. The highest BCUT2D eigenvalue weighted by Crippen LogP contribution is 2.20. The Bertz CT molecular complexity index is 826. The van der Waals surface area contributed by atoms with Crippen LogP contribution in [-0.4, -0.2) is 23.4 Å². The maximum Gasteiger partial charge on any atom is 0.325 e. The normalized spacial score (nSPS) is 11.2. The molecule has 0 bridgehead atoms. The van der Waals surface area contributed by atoms with Gasteiger partial charge in [0, 0.05) is 12.4 Å². The molecule has 0 aliphatic heterocycles. The van der Waals surface area contributed by atoms with Crippen LogP contribution in [0.25, 0.3) is 0 Å². The van der Waals surface area contributed by atoms with Gasteiger partial charge in [-0.15, -0.1) is 0 Å². The van der Waals surface area contributed by atoms with Gasteiger partial charge in [0.1, 0.15) is 0 Å². The maximum absolute atomic E-state index is 11.9. The van der Waals surface area contributed by atoms with Crippen LogP contribution in [0.1, 0.15) is 0 Å². The maximum atomic E-state index is 11.9. The summed E-state index contributed by atoms with van der Waals surface area (Å²) in [5, 5.41) is -0.0630. The van der Waals surface area contributed by atoms with E-state index in [-0.39, 0.29) is 10.8 Å². The molecule has 0 saturated heterocycles. The number of aromatic nitrogens is 3. The van der Waals surface area contributed by atoms with E-state index in [1.807, 2.05) is 4.98 Å². The zero-order valence-electron chi connectivity index (χ0n) is 9.18. The van der Waals surface area contributed by atoms with Gasteiger partial charge in [-0.3, -0.25) is 14.5 Å². The van der Waals surface area contributed by atoms with Gasteiger partial charge in [-0.05, 0) is 12.1 Å². The van der Waals surface area contributed by atoms with Gasteiger partial charge in [0.15, 0.2) is 10.0 Å². The minimum Gasteiger partial charge on any atom is -0.313 e. The number of nitrogens with one attached hydrogen (secondary N) is 3. The third-order valence-electron chi connectivity index (χ3n) is 2.08. The van der Waals surface area contributed by atoms with Crippen molar-refractivity contribution in [1.82, 2.24) is 15.0 Å². The molecule has 0 amide bonds. The molecule has 19 heavy (non-hydrogen) atoms. The standard InChI is InChI=1S/C9H7ClN4O4S/c10-7-5(2-1-3-11-7)14-19(17,18)6-4-12-9(16)13-8(6)15/h1-4,14H,(H2,12,13,15,16). The summed E-state index contributed by atoms with van der Waals surface area (Å²) in [7, 11) is -4.17. The van der Waals surface area contributed by atoms with Crippen LogP contribution in [0.4, 0.5) is 5.69 Å². The van der Waals surface area contributed by atoms with E-state index in [2.05, 4.69) is 14.7 Å². The highest BCUT2D eigenvalue weighted by Gasteiger charge is 2.20. The number of hydrogen-bond donors (Lipinski definition) is 3. The van der Waals surface area contributed by atoms with Crippen LogP contribution < -0.4 is 16.0 Å². The van der Waals surface area contributed by atoms with Gasteiger partial charge in [-0.2, -0.15) is 0 Å². The lowest BCUT2D eigenvalue weighted by Gasteiger charge is -2.07. The number of pyridine rings is 1. The van der Waals surface area contributed by atoms with E-state index in [9.17, 15) is 18.0 Å². The van der Waals surface area contributed by atoms with Crippen LogP contribution in [-0.2, 0) is 10.0 Å². The molecule has 0 fully saturated rings. The first kappa shape index (κ1) is 13.3. The summed E-state index contributed by atoms with van der Waals surface area (Å²) in [6.07, 6.45) is 2.18. The second kappa shape index (κ2) is 4.86. The number of rotatable bonds is 3. The number of aromatic amines is 2. The second-order valence-corrected chi connectivity index (χ2v) is 5.39. The van der Waals surface area contributed by atoms with Gasteiger partial charge in [0.2, 0.25) is 0 Å². The van der Waals surface area contributed by atoms with E-state index in [0.717, 1.165) is 6.20 Å². The molecule has 0 saturated carbocycles. The molecule has 0 radical (unpaired) electrons. The molecule has 100 valence electrons. The number of H-pyrrole nitrogens is 2. The molecule has 0 atom stereocenters. The number of nitrogens with zero attached hydrogens (tertiary/aromatic N) is 1. The summed E-state index contributed by atoms with van der Waals surface area (Å²) in [6, 6.07) is 2.85. The quantitative estimate of drug-likeness (QED) is 0.683. The number of anilines is 1. The predicted molar refractivity (Wildman–Crippen MR) is 67.7 cm³/mol. The van der Waals surface area contributed by atoms with Crippen LogP contribution in [0.2, 0.25) is 5.15 Å². The van der Waals surface area contributed by atoms with E-state index in [1.165, 1.54) is 18.3 Å². The van der Waals surface area contributed by atoms with E-state index >= 15 is 0 Å². The minimum atomic E-state index is -4.17. The Morgan fingerprint density at radius 1 is 1.32 bits per heavy atom. The van der Waals surface area contributed by atoms with E-state index in [0.29, 0.717) is 0 Å². The molecular weight excluding hydrogens is 296 g/mol. The summed E-state index contributed by atoms with van der Waals surface area (Å²) in [4.78, 5) is 29.2. The molecule has 0 unspecified atom stereocenters. The van der Waals surface area contributed by atoms with Crippen LogP contribution in [0.5, 0.6) is 0 Å². The Morgan fingerprint density at radius 2 is 2.05 bits per heavy atom. The van der Waals surface area contributed by atoms with Gasteiger partial charge in [-0.1, -0.05) is 11.6 Å². The first-order valence-electron chi connectivity index (χ1n) is 4.85. The third-order valence-corrected chi connectivity index (χ3v) is 3.75. The number of halogens is 1. The fourth-order valence-corrected chi connectivity index (χ4v) is 2.55. The van der Waals surface area contributed by atoms with E-state index < -0.39 is 26.2 Å². The molecule has 0 spiro atoms. The van der Waals surface area contributed by atoms with Gasteiger partial charge >= 0.3 is 5.69 Å². The highest BCUT2D eigenvalue weighted by molar-refractivity contribution is 7.92. The lowest BCUT2D eigenvalue weighted by molar-refractivity contribution is 0.599. The Balaban J connectivity index is 2.47. The molecule has 8 nitrogen and oxygen atoms in total. The van der Waals surface area contributed by atoms with Gasteiger partial charge in [0.05, 0.1) is 5.69 Å². The highest BCUT2D eigenvalue weighted by atomic mass is 35.5. The van der Waals surface area contributed by atoms with Crippen molar-refractivity contribution in [1.29, 1.82) is 0 Å². The molecule has 0 aromatic carbocycles. The van der Waals surface area contributed by atoms with Gasteiger partial charge in [-0.25, -0.2) is 18.2 Å². The molecule has 10 heteroatoms. The number of sulfonamides is 1. The zero-order valence-corrected chi connectivity index (χ0v) is 10.7. The van der Waals surface area contributed by atoms with Crippen LogP contribution in [0.3, 0.4) is 0 Å². The molecule has 2 aromatic heterocycles. The fourth-order valence-electron chi connectivity index (χ4n) is 1.26. The van der Waals surface area contributed by atoms with Crippen molar-refractivity contribution < 1.29 is 8.42 Å². The summed E-state index contributed by atoms with van der Waals surface area (Å²) >= 11 is 5.70. The average Bonchev–Trinajstić information content (AvgIpc) is 2.31. The zero-order chi connectivity index (χ0) is 14.0. The van der Waals surface area contributed by atoms with E-state index in [4.69, 9.17) is 11.6 Å². The lowest BCUT2D eigenvalue weighted by atomic mass is 10.4. The molecule has 0 aliphatic carbocycles. The van der Waals surface area contributed by atoms with Crippen LogP contribution in [0, 0.1) is 0 Å². The van der Waals surface area contributed by atoms with Crippen molar-refractivity contribution in [2.75, 3.05) is 4.72 Å². The first-order chi connectivity index (χ1) is 8.90. The first-order valence-corrected chi connectivity index (χ1v) is 6.71. The molecule has 3 N–H and O–H groups in total. The molecular formula is C9H7ClN4O4S. The van der Waals surface area contributed by atoms with Crippen molar-refractivity contribution in [2.24, 2.45) is 0 Å². The number of hydrogen-bond acceptors (Lipinski definition) is 5. The predicted octanol–water partition coefficient (Wildman–Crippen LogP) is -0.0876. The van der Waals surface area contributed by atoms with Crippen LogP contribution >= 0.6 is 11.6 Å². The fraction of sp³-hybridized carbons (Fsp3) is 0. The molecule has 0 aliphatic rings. The van der Waals surface area contributed by atoms with Crippen molar-refractivity contribution in [3.8, 4) is 0 Å². The van der Waals surface area contributed by atoms with Crippen molar-refractivity contribution in [2.45, 2.75) is 4.90 Å². The van der Waals surface area contributed by atoms with E-state index in [1.54, 1.807) is 0 Å². The Labute approximate surface area is 111 Å². The minimum absolute atomic E-state index is 0.0229. The Morgan fingerprint density at radius 3 is 2.68 bits per heavy atom. The average molecular weight is 303 g/mol.